The average Bonchev–Trinajstić information content (AvgIpc) is 2.85. The molecule has 2 amide bonds. The van der Waals surface area contributed by atoms with Crippen molar-refractivity contribution >= 4 is 23.5 Å². The van der Waals surface area contributed by atoms with Gasteiger partial charge in [0.25, 0.3) is 11.8 Å². The molecule has 1 aliphatic rings. The van der Waals surface area contributed by atoms with Gasteiger partial charge in [0.15, 0.2) is 5.75 Å². The number of benzene rings is 2. The van der Waals surface area contributed by atoms with Gasteiger partial charge in [-0.2, -0.15) is 0 Å². The monoisotopic (exact) mass is 329 g/mol. The van der Waals surface area contributed by atoms with Crippen LogP contribution in [0.15, 0.2) is 36.4 Å². The van der Waals surface area contributed by atoms with E-state index in [1.165, 1.54) is 25.3 Å². The Bertz CT molecular complexity index is 842. The Morgan fingerprint density at radius 2 is 1.58 bits per heavy atom. The largest absolute Gasteiger partial charge is 0.494 e. The first-order valence-corrected chi connectivity index (χ1v) is 6.93. The van der Waals surface area contributed by atoms with Crippen LogP contribution in [0.1, 0.15) is 31.1 Å². The molecule has 7 heteroatoms. The maximum absolute atomic E-state index is 14.0. The fourth-order valence-electron chi connectivity index (χ4n) is 2.63. The molecular formula is C17H12FNO5. The summed E-state index contributed by atoms with van der Waals surface area (Å²) in [7, 11) is 2.30. The summed E-state index contributed by atoms with van der Waals surface area (Å²) >= 11 is 0. The molecule has 0 bridgehead atoms. The van der Waals surface area contributed by atoms with Gasteiger partial charge >= 0.3 is 5.97 Å². The molecule has 6 nitrogen and oxygen atoms in total. The highest BCUT2D eigenvalue weighted by atomic mass is 19.1. The Kier molecular flexibility index (Phi) is 3.76. The number of imide groups is 1. The third kappa shape index (κ3) is 2.13. The first kappa shape index (κ1) is 15.7. The van der Waals surface area contributed by atoms with Crippen LogP contribution in [0.25, 0.3) is 0 Å². The fraction of sp³-hybridized carbons (Fsp3) is 0.118. The lowest BCUT2D eigenvalue weighted by Crippen LogP contribution is -2.30. The number of anilines is 1. The highest BCUT2D eigenvalue weighted by Crippen LogP contribution is 2.38. The highest BCUT2D eigenvalue weighted by Gasteiger charge is 2.39. The van der Waals surface area contributed by atoms with Gasteiger partial charge in [0.05, 0.1) is 31.0 Å². The topological polar surface area (TPSA) is 72.9 Å². The second-order valence-electron chi connectivity index (χ2n) is 4.96. The smallest absolute Gasteiger partial charge is 0.344 e. The molecule has 24 heavy (non-hydrogen) atoms. The van der Waals surface area contributed by atoms with Crippen LogP contribution in [0.2, 0.25) is 0 Å². The summed E-state index contributed by atoms with van der Waals surface area (Å²) in [6.07, 6.45) is 0. The van der Waals surface area contributed by atoms with Crippen molar-refractivity contribution in [1.29, 1.82) is 0 Å². The summed E-state index contributed by atoms with van der Waals surface area (Å²) in [5.41, 5.74) is -0.0402. The number of hydrogen-bond donors (Lipinski definition) is 0. The van der Waals surface area contributed by atoms with Gasteiger partial charge < -0.3 is 9.47 Å². The van der Waals surface area contributed by atoms with Crippen molar-refractivity contribution in [2.45, 2.75) is 0 Å². The van der Waals surface area contributed by atoms with Gasteiger partial charge in [0.1, 0.15) is 11.4 Å². The highest BCUT2D eigenvalue weighted by molar-refractivity contribution is 6.35. The number of nitrogens with zero attached hydrogens (tertiary/aromatic N) is 1. The van der Waals surface area contributed by atoms with Crippen molar-refractivity contribution in [1.82, 2.24) is 0 Å². The number of methoxy groups -OCH3 is 2. The minimum atomic E-state index is -0.970. The zero-order valence-corrected chi connectivity index (χ0v) is 12.8. The van der Waals surface area contributed by atoms with Crippen molar-refractivity contribution in [3.8, 4) is 5.75 Å². The van der Waals surface area contributed by atoms with Gasteiger partial charge in [-0.3, -0.25) is 9.59 Å². The number of carbonyl (C=O) groups excluding carboxylic acids is 3. The molecule has 1 heterocycles. The molecule has 0 saturated carbocycles. The van der Waals surface area contributed by atoms with E-state index in [4.69, 9.17) is 4.74 Å². The van der Waals surface area contributed by atoms with E-state index in [0.717, 1.165) is 18.1 Å². The number of fused-ring (bicyclic) bond motifs is 1. The number of carbonyl (C=O) groups is 3. The molecule has 0 N–H and O–H groups in total. The first-order valence-electron chi connectivity index (χ1n) is 6.93. The molecule has 0 saturated heterocycles. The Balaban J connectivity index is 2.20. The number of rotatable bonds is 3. The summed E-state index contributed by atoms with van der Waals surface area (Å²) in [4.78, 5) is 37.8. The molecule has 0 aromatic heterocycles. The van der Waals surface area contributed by atoms with E-state index in [2.05, 4.69) is 4.74 Å². The Morgan fingerprint density at radius 3 is 2.08 bits per heavy atom. The predicted molar refractivity (Wildman–Crippen MR) is 81.9 cm³/mol. The summed E-state index contributed by atoms with van der Waals surface area (Å²) < 4.78 is 23.7. The lowest BCUT2D eigenvalue weighted by atomic mass is 10.1. The third-order valence-corrected chi connectivity index (χ3v) is 3.71. The van der Waals surface area contributed by atoms with Gasteiger partial charge in [-0.1, -0.05) is 12.1 Å². The molecular weight excluding hydrogens is 317 g/mol. The minimum absolute atomic E-state index is 0.0227. The average molecular weight is 329 g/mol. The van der Waals surface area contributed by atoms with Crippen molar-refractivity contribution in [2.75, 3.05) is 19.1 Å². The van der Waals surface area contributed by atoms with E-state index in [9.17, 15) is 18.8 Å². The Labute approximate surface area is 136 Å². The molecule has 0 fully saturated rings. The van der Waals surface area contributed by atoms with E-state index in [-0.39, 0.29) is 22.6 Å². The molecule has 1 aliphatic heterocycles. The molecule has 0 atom stereocenters. The third-order valence-electron chi connectivity index (χ3n) is 3.71. The quantitative estimate of drug-likeness (QED) is 0.639. The zero-order valence-electron chi connectivity index (χ0n) is 12.8. The van der Waals surface area contributed by atoms with Crippen LogP contribution >= 0.6 is 0 Å². The maximum atomic E-state index is 14.0. The van der Waals surface area contributed by atoms with E-state index in [1.54, 1.807) is 12.1 Å². The summed E-state index contributed by atoms with van der Waals surface area (Å²) in [5, 5.41) is 0. The second kappa shape index (κ2) is 5.77. The number of amides is 2. The number of halogens is 1. The number of esters is 1. The van der Waals surface area contributed by atoms with Gasteiger partial charge in [0, 0.05) is 0 Å². The lowest BCUT2D eigenvalue weighted by molar-refractivity contribution is 0.0590. The predicted octanol–water partition coefficient (Wildman–Crippen LogP) is 2.42. The van der Waals surface area contributed by atoms with Crippen molar-refractivity contribution in [3.63, 3.8) is 0 Å². The van der Waals surface area contributed by atoms with E-state index in [1.807, 2.05) is 0 Å². The van der Waals surface area contributed by atoms with E-state index in [0.29, 0.717) is 0 Å². The van der Waals surface area contributed by atoms with Crippen LogP contribution in [0.5, 0.6) is 5.75 Å². The second-order valence-corrected chi connectivity index (χ2v) is 4.96. The maximum Gasteiger partial charge on any atom is 0.344 e. The van der Waals surface area contributed by atoms with Gasteiger partial charge in [0.2, 0.25) is 0 Å². The molecule has 0 radical (unpaired) electrons. The molecule has 3 rings (SSSR count). The zero-order chi connectivity index (χ0) is 17.4. The Hall–Kier alpha value is -3.22. The molecule has 0 unspecified atom stereocenters. The van der Waals surface area contributed by atoms with Crippen LogP contribution in [-0.2, 0) is 4.74 Å². The summed E-state index contributed by atoms with van der Waals surface area (Å²) in [5.74, 6) is -3.23. The molecule has 0 aliphatic carbocycles. The summed E-state index contributed by atoms with van der Waals surface area (Å²) in [6, 6.07) is 8.50. The van der Waals surface area contributed by atoms with Gasteiger partial charge in [-0.25, -0.2) is 14.1 Å². The van der Waals surface area contributed by atoms with Crippen LogP contribution in [-0.4, -0.2) is 32.0 Å². The van der Waals surface area contributed by atoms with Crippen LogP contribution in [0.4, 0.5) is 10.1 Å². The standard InChI is InChI=1S/C17H12FNO5/c1-23-14-12(8-7-11(18)13(14)17(22)24-2)19-15(20)9-5-3-4-6-10(9)16(19)21/h3-8H,1-2H3. The SMILES string of the molecule is COC(=O)c1c(F)ccc(N2C(=O)c3ccccc3C2=O)c1OC. The molecule has 0 spiro atoms. The normalized spacial score (nSPS) is 13.0. The van der Waals surface area contributed by atoms with Crippen LogP contribution in [0.3, 0.4) is 0 Å². The fourth-order valence-corrected chi connectivity index (χ4v) is 2.63. The molecule has 122 valence electrons. The van der Waals surface area contributed by atoms with Gasteiger partial charge in [-0.05, 0) is 24.3 Å². The van der Waals surface area contributed by atoms with E-state index >= 15 is 0 Å². The van der Waals surface area contributed by atoms with Crippen LogP contribution < -0.4 is 9.64 Å². The minimum Gasteiger partial charge on any atom is -0.494 e. The van der Waals surface area contributed by atoms with E-state index < -0.39 is 29.2 Å². The molecule has 2 aromatic carbocycles. The summed E-state index contributed by atoms with van der Waals surface area (Å²) in [6.45, 7) is 0. The molecule has 2 aromatic rings. The Morgan fingerprint density at radius 1 is 1.00 bits per heavy atom. The van der Waals surface area contributed by atoms with Crippen molar-refractivity contribution in [3.05, 3.63) is 58.9 Å². The van der Waals surface area contributed by atoms with Crippen molar-refractivity contribution < 1.29 is 28.2 Å². The van der Waals surface area contributed by atoms with Crippen molar-refractivity contribution in [2.24, 2.45) is 0 Å². The van der Waals surface area contributed by atoms with Gasteiger partial charge in [-0.15, -0.1) is 0 Å². The first-order chi connectivity index (χ1) is 11.5. The lowest BCUT2D eigenvalue weighted by Gasteiger charge is -2.19. The van der Waals surface area contributed by atoms with Crippen LogP contribution in [0, 0.1) is 5.82 Å². The number of ether oxygens (including phenoxy) is 2. The number of hydrogen-bond acceptors (Lipinski definition) is 5.